The predicted molar refractivity (Wildman–Crippen MR) is 147 cm³/mol. The highest BCUT2D eigenvalue weighted by molar-refractivity contribution is 5.95. The lowest BCUT2D eigenvalue weighted by atomic mass is 9.89. The average Bonchev–Trinajstić information content (AvgIpc) is 2.96. The number of ether oxygens (including phenoxy) is 3. The molecule has 0 radical (unpaired) electrons. The molecule has 5 rings (SSSR count). The Morgan fingerprint density at radius 2 is 1.84 bits per heavy atom. The van der Waals surface area contributed by atoms with Gasteiger partial charge in [-0.3, -0.25) is 4.79 Å². The Bertz CT molecular complexity index is 1450. The number of nitrogens with one attached hydrogen (secondary N) is 2. The van der Waals surface area contributed by atoms with E-state index in [1.807, 2.05) is 24.3 Å². The van der Waals surface area contributed by atoms with Gasteiger partial charge in [-0.1, -0.05) is 12.1 Å². The lowest BCUT2D eigenvalue weighted by Gasteiger charge is -2.32. The molecule has 2 N–H and O–H groups in total. The predicted octanol–water partition coefficient (Wildman–Crippen LogP) is 3.97. The summed E-state index contributed by atoms with van der Waals surface area (Å²) in [6.07, 6.45) is 5.48. The first-order valence-electron chi connectivity index (χ1n) is 12.7. The molecule has 0 atom stereocenters. The van der Waals surface area contributed by atoms with E-state index in [9.17, 15) is 4.79 Å². The number of piperidine rings is 1. The number of likely N-dealkylation sites (tertiary alicyclic amines) is 1. The molecule has 10 nitrogen and oxygen atoms in total. The van der Waals surface area contributed by atoms with Crippen LogP contribution in [0, 0.1) is 0 Å². The minimum atomic E-state index is -0.223. The van der Waals surface area contributed by atoms with Crippen LogP contribution in [-0.4, -0.2) is 72.4 Å². The van der Waals surface area contributed by atoms with Crippen molar-refractivity contribution in [1.29, 1.82) is 0 Å². The first kappa shape index (κ1) is 25.6. The Hall–Kier alpha value is -4.02. The molecule has 0 aliphatic carbocycles. The molecular weight excluding hydrogens is 484 g/mol. The Morgan fingerprint density at radius 1 is 1.05 bits per heavy atom. The molecule has 38 heavy (non-hydrogen) atoms. The van der Waals surface area contributed by atoms with Gasteiger partial charge in [-0.2, -0.15) is 4.98 Å². The van der Waals surface area contributed by atoms with Crippen LogP contribution in [0.3, 0.4) is 0 Å². The third-order valence-electron chi connectivity index (χ3n) is 6.98. The van der Waals surface area contributed by atoms with Crippen molar-refractivity contribution in [3.8, 4) is 23.1 Å². The molecule has 198 valence electrons. The third kappa shape index (κ3) is 5.46. The molecule has 0 spiro atoms. The molecule has 4 heterocycles. The van der Waals surface area contributed by atoms with E-state index in [0.29, 0.717) is 34.3 Å². The van der Waals surface area contributed by atoms with Gasteiger partial charge in [0.15, 0.2) is 0 Å². The number of rotatable bonds is 9. The zero-order valence-corrected chi connectivity index (χ0v) is 21.9. The van der Waals surface area contributed by atoms with Crippen LogP contribution in [0.4, 0.5) is 11.5 Å². The summed E-state index contributed by atoms with van der Waals surface area (Å²) in [5, 5.41) is 4.56. The van der Waals surface area contributed by atoms with Crippen LogP contribution in [0.5, 0.6) is 11.9 Å². The van der Waals surface area contributed by atoms with Gasteiger partial charge in [0.05, 0.1) is 37.5 Å². The Labute approximate surface area is 221 Å². The van der Waals surface area contributed by atoms with Crippen LogP contribution < -0.4 is 20.3 Å². The number of fused-ring (bicyclic) bond motifs is 1. The summed E-state index contributed by atoms with van der Waals surface area (Å²) < 4.78 is 15.8. The number of pyridine rings is 2. The first-order chi connectivity index (χ1) is 18.6. The van der Waals surface area contributed by atoms with Crippen molar-refractivity contribution in [3.05, 3.63) is 64.7 Å². The first-order valence-corrected chi connectivity index (χ1v) is 12.7. The molecular formula is C28H32N6O4. The zero-order chi connectivity index (χ0) is 26.5. The number of aromatic amines is 1. The Balaban J connectivity index is 1.42. The zero-order valence-electron chi connectivity index (χ0n) is 21.9. The van der Waals surface area contributed by atoms with Crippen LogP contribution in [-0.2, 0) is 4.74 Å². The summed E-state index contributed by atoms with van der Waals surface area (Å²) in [7, 11) is 4.77. The maximum absolute atomic E-state index is 12.8. The van der Waals surface area contributed by atoms with Gasteiger partial charge in [-0.15, -0.1) is 0 Å². The van der Waals surface area contributed by atoms with Gasteiger partial charge in [-0.25, -0.2) is 9.97 Å². The Morgan fingerprint density at radius 3 is 2.55 bits per heavy atom. The van der Waals surface area contributed by atoms with Crippen molar-refractivity contribution < 1.29 is 14.2 Å². The fourth-order valence-electron chi connectivity index (χ4n) is 4.91. The van der Waals surface area contributed by atoms with Crippen LogP contribution in [0.25, 0.3) is 22.0 Å². The van der Waals surface area contributed by atoms with E-state index >= 15 is 0 Å². The normalized spacial score (nSPS) is 14.5. The van der Waals surface area contributed by atoms with Gasteiger partial charge < -0.3 is 29.4 Å². The molecule has 0 amide bonds. The maximum Gasteiger partial charge on any atom is 0.319 e. The average molecular weight is 517 g/mol. The SMILES string of the molecule is COCCN1CCC(c2ccc(Nc3nc(-c4cnc(OC)nc4OC)cc4cc[nH]c(=O)c34)cc2)CC1. The van der Waals surface area contributed by atoms with Crippen molar-refractivity contribution in [3.63, 3.8) is 0 Å². The molecule has 0 saturated carbocycles. The smallest absolute Gasteiger partial charge is 0.319 e. The highest BCUT2D eigenvalue weighted by Crippen LogP contribution is 2.33. The summed E-state index contributed by atoms with van der Waals surface area (Å²) in [5.74, 6) is 1.31. The quantitative estimate of drug-likeness (QED) is 0.341. The second-order valence-electron chi connectivity index (χ2n) is 9.26. The number of anilines is 2. The van der Waals surface area contributed by atoms with Gasteiger partial charge in [0.1, 0.15) is 5.82 Å². The fraction of sp³-hybridized carbons (Fsp3) is 0.357. The largest absolute Gasteiger partial charge is 0.480 e. The molecule has 1 saturated heterocycles. The van der Waals surface area contributed by atoms with Crippen LogP contribution in [0.1, 0.15) is 24.3 Å². The van der Waals surface area contributed by atoms with Crippen molar-refractivity contribution in [1.82, 2.24) is 24.8 Å². The fourth-order valence-corrected chi connectivity index (χ4v) is 4.91. The van der Waals surface area contributed by atoms with Crippen molar-refractivity contribution in [2.75, 3.05) is 52.9 Å². The Kier molecular flexibility index (Phi) is 7.81. The van der Waals surface area contributed by atoms with Gasteiger partial charge in [-0.05, 0) is 67.1 Å². The lowest BCUT2D eigenvalue weighted by Crippen LogP contribution is -2.35. The molecule has 1 aliphatic heterocycles. The summed E-state index contributed by atoms with van der Waals surface area (Å²) in [6.45, 7) is 3.92. The van der Waals surface area contributed by atoms with E-state index in [4.69, 9.17) is 19.2 Å². The van der Waals surface area contributed by atoms with Gasteiger partial charge >= 0.3 is 6.01 Å². The van der Waals surface area contributed by atoms with Gasteiger partial charge in [0.2, 0.25) is 5.88 Å². The summed E-state index contributed by atoms with van der Waals surface area (Å²) in [5.41, 5.74) is 3.11. The summed E-state index contributed by atoms with van der Waals surface area (Å²) in [6, 6.07) is 12.3. The van der Waals surface area contributed by atoms with Gasteiger partial charge in [0.25, 0.3) is 5.56 Å². The molecule has 4 aromatic rings. The van der Waals surface area contributed by atoms with E-state index in [1.54, 1.807) is 19.5 Å². The highest BCUT2D eigenvalue weighted by atomic mass is 16.5. The molecule has 0 unspecified atom stereocenters. The van der Waals surface area contributed by atoms with Crippen LogP contribution in [0.15, 0.2) is 53.6 Å². The highest BCUT2D eigenvalue weighted by Gasteiger charge is 2.21. The number of benzene rings is 1. The van der Waals surface area contributed by atoms with E-state index in [0.717, 1.165) is 50.2 Å². The number of hydrogen-bond acceptors (Lipinski definition) is 9. The number of nitrogens with zero attached hydrogens (tertiary/aromatic N) is 4. The van der Waals surface area contributed by atoms with Gasteiger partial charge in [0, 0.05) is 31.7 Å². The standard InChI is InChI=1S/C28H32N6O4/c1-36-15-14-34-12-9-19(10-13-34)18-4-6-21(7-5-18)31-25-24-20(8-11-29-26(24)35)16-23(32-25)22-17-30-28(38-3)33-27(22)37-2/h4-8,11,16-17,19H,9-10,12-15H2,1-3H3,(H,29,35)(H,31,32). The summed E-state index contributed by atoms with van der Waals surface area (Å²) in [4.78, 5) is 31.3. The molecule has 1 fully saturated rings. The molecule has 1 aromatic carbocycles. The number of aromatic nitrogens is 4. The van der Waals surface area contributed by atoms with Crippen molar-refractivity contribution >= 4 is 22.3 Å². The van der Waals surface area contributed by atoms with E-state index < -0.39 is 0 Å². The molecule has 1 aliphatic rings. The molecule has 0 bridgehead atoms. The maximum atomic E-state index is 12.8. The second kappa shape index (κ2) is 11.6. The minimum absolute atomic E-state index is 0.196. The van der Waals surface area contributed by atoms with Crippen molar-refractivity contribution in [2.24, 2.45) is 0 Å². The summed E-state index contributed by atoms with van der Waals surface area (Å²) >= 11 is 0. The van der Waals surface area contributed by atoms with Crippen molar-refractivity contribution in [2.45, 2.75) is 18.8 Å². The molecule has 10 heteroatoms. The topological polar surface area (TPSA) is 114 Å². The van der Waals surface area contributed by atoms with E-state index in [2.05, 4.69) is 37.3 Å². The number of hydrogen-bond donors (Lipinski definition) is 2. The number of methoxy groups -OCH3 is 3. The monoisotopic (exact) mass is 516 g/mol. The lowest BCUT2D eigenvalue weighted by molar-refractivity contribution is 0.130. The van der Waals surface area contributed by atoms with Crippen LogP contribution in [0.2, 0.25) is 0 Å². The minimum Gasteiger partial charge on any atom is -0.480 e. The number of H-pyrrole nitrogens is 1. The van der Waals surface area contributed by atoms with E-state index in [1.165, 1.54) is 19.8 Å². The molecule has 3 aromatic heterocycles. The van der Waals surface area contributed by atoms with E-state index in [-0.39, 0.29) is 11.6 Å². The second-order valence-corrected chi connectivity index (χ2v) is 9.26. The van der Waals surface area contributed by atoms with Crippen LogP contribution >= 0.6 is 0 Å². The third-order valence-corrected chi connectivity index (χ3v) is 6.98.